The van der Waals surface area contributed by atoms with Crippen LogP contribution in [0.4, 0.5) is 0 Å². The number of ether oxygens (including phenoxy) is 1. The Morgan fingerprint density at radius 3 is 1.95 bits per heavy atom. The monoisotopic (exact) mass is 260 g/mol. The Kier molecular flexibility index (Phi) is 3.51. The molecule has 0 amide bonds. The summed E-state index contributed by atoms with van der Waals surface area (Å²) in [5.41, 5.74) is 4.91. The van der Waals surface area contributed by atoms with Gasteiger partial charge in [-0.25, -0.2) is 0 Å². The number of benzene rings is 2. The van der Waals surface area contributed by atoms with Crippen LogP contribution in [0.2, 0.25) is 0 Å². The first-order valence-corrected chi connectivity index (χ1v) is 6.67. The summed E-state index contributed by atoms with van der Waals surface area (Å²) in [6.45, 7) is 0. The molecule has 98 valence electrons. The third-order valence-corrected chi connectivity index (χ3v) is 3.39. The van der Waals surface area contributed by atoms with Crippen LogP contribution in [0.5, 0.6) is 5.75 Å². The van der Waals surface area contributed by atoms with Gasteiger partial charge in [-0.15, -0.1) is 0 Å². The molecule has 0 spiro atoms. The molecule has 2 aromatic carbocycles. The van der Waals surface area contributed by atoms with Gasteiger partial charge in [0, 0.05) is 0 Å². The van der Waals surface area contributed by atoms with Gasteiger partial charge in [0.1, 0.15) is 5.75 Å². The van der Waals surface area contributed by atoms with E-state index in [1.165, 1.54) is 22.3 Å². The van der Waals surface area contributed by atoms with Crippen LogP contribution in [-0.4, -0.2) is 7.11 Å². The molecule has 0 saturated heterocycles. The molecule has 0 N–H and O–H groups in total. The normalized spacial score (nSPS) is 12.8. The van der Waals surface area contributed by atoms with E-state index in [2.05, 4.69) is 60.7 Å². The van der Waals surface area contributed by atoms with Gasteiger partial charge in [0.05, 0.1) is 7.11 Å². The summed E-state index contributed by atoms with van der Waals surface area (Å²) >= 11 is 0. The molecule has 0 aromatic heterocycles. The van der Waals surface area contributed by atoms with Crippen molar-refractivity contribution < 1.29 is 4.74 Å². The fourth-order valence-electron chi connectivity index (χ4n) is 2.40. The van der Waals surface area contributed by atoms with Crippen molar-refractivity contribution >= 4 is 5.57 Å². The predicted octanol–water partition coefficient (Wildman–Crippen LogP) is 4.62. The first-order chi connectivity index (χ1) is 9.88. The average Bonchev–Trinajstić information content (AvgIpc) is 3.03. The molecule has 0 saturated carbocycles. The molecule has 3 rings (SSSR count). The van der Waals surface area contributed by atoms with E-state index in [1.807, 2.05) is 18.2 Å². The highest BCUT2D eigenvalue weighted by molar-refractivity contribution is 5.86. The van der Waals surface area contributed by atoms with Crippen LogP contribution in [-0.2, 0) is 0 Å². The van der Waals surface area contributed by atoms with Crippen molar-refractivity contribution in [3.63, 3.8) is 0 Å². The summed E-state index contributed by atoms with van der Waals surface area (Å²) in [7, 11) is 1.69. The zero-order chi connectivity index (χ0) is 13.8. The van der Waals surface area contributed by atoms with Crippen LogP contribution in [0.15, 0.2) is 84.5 Å². The van der Waals surface area contributed by atoms with E-state index in [9.17, 15) is 0 Å². The Morgan fingerprint density at radius 1 is 0.750 bits per heavy atom. The molecule has 0 fully saturated rings. The lowest BCUT2D eigenvalue weighted by Gasteiger charge is -2.11. The van der Waals surface area contributed by atoms with Crippen LogP contribution >= 0.6 is 0 Å². The minimum atomic E-state index is 0.878. The Morgan fingerprint density at radius 2 is 1.35 bits per heavy atom. The second kappa shape index (κ2) is 5.62. The van der Waals surface area contributed by atoms with Crippen LogP contribution in [0.25, 0.3) is 5.57 Å². The highest BCUT2D eigenvalue weighted by Gasteiger charge is 2.10. The largest absolute Gasteiger partial charge is 0.497 e. The predicted molar refractivity (Wildman–Crippen MR) is 83.7 cm³/mol. The summed E-state index contributed by atoms with van der Waals surface area (Å²) in [4.78, 5) is 0. The lowest BCUT2D eigenvalue weighted by Crippen LogP contribution is -1.91. The molecule has 1 aliphatic rings. The molecule has 1 nitrogen and oxygen atoms in total. The maximum Gasteiger partial charge on any atom is 0.118 e. The van der Waals surface area contributed by atoms with E-state index in [4.69, 9.17) is 4.74 Å². The standard InChI is InChI=1S/C19H16O/c1-20-18-13-11-17(12-14-18)19(16-9-5-6-10-16)15-7-3-2-4-8-15/h2-14H,1H3. The molecule has 0 unspecified atom stereocenters. The van der Waals surface area contributed by atoms with Gasteiger partial charge in [-0.2, -0.15) is 0 Å². The molecule has 20 heavy (non-hydrogen) atoms. The first kappa shape index (κ1) is 12.5. The van der Waals surface area contributed by atoms with Crippen LogP contribution in [0.1, 0.15) is 11.1 Å². The van der Waals surface area contributed by atoms with Gasteiger partial charge in [0.15, 0.2) is 0 Å². The minimum absolute atomic E-state index is 0.878. The summed E-state index contributed by atoms with van der Waals surface area (Å²) in [5.74, 6) is 0.878. The van der Waals surface area contributed by atoms with Crippen molar-refractivity contribution in [1.82, 2.24) is 0 Å². The molecule has 0 aliphatic heterocycles. The maximum atomic E-state index is 5.24. The SMILES string of the molecule is COc1ccc(C(=C2C=CC=C2)c2ccccc2)cc1. The van der Waals surface area contributed by atoms with E-state index in [1.54, 1.807) is 7.11 Å². The molecule has 0 bridgehead atoms. The van der Waals surface area contributed by atoms with Gasteiger partial charge < -0.3 is 4.74 Å². The molecule has 1 aliphatic carbocycles. The quantitative estimate of drug-likeness (QED) is 0.782. The molecular formula is C19H16O. The molecule has 1 heteroatoms. The maximum absolute atomic E-state index is 5.24. The second-order valence-corrected chi connectivity index (χ2v) is 4.64. The van der Waals surface area contributed by atoms with E-state index >= 15 is 0 Å². The zero-order valence-corrected chi connectivity index (χ0v) is 11.4. The van der Waals surface area contributed by atoms with E-state index < -0.39 is 0 Å². The van der Waals surface area contributed by atoms with Crippen LogP contribution in [0, 0.1) is 0 Å². The molecular weight excluding hydrogens is 244 g/mol. The van der Waals surface area contributed by atoms with Gasteiger partial charge in [0.25, 0.3) is 0 Å². The summed E-state index contributed by atoms with van der Waals surface area (Å²) in [6, 6.07) is 18.7. The van der Waals surface area contributed by atoms with E-state index in [0.29, 0.717) is 0 Å². The van der Waals surface area contributed by atoms with Crippen molar-refractivity contribution in [2.45, 2.75) is 0 Å². The number of allylic oxidation sites excluding steroid dienone is 5. The van der Waals surface area contributed by atoms with Gasteiger partial charge in [0.2, 0.25) is 0 Å². The highest BCUT2D eigenvalue weighted by atomic mass is 16.5. The van der Waals surface area contributed by atoms with Crippen LogP contribution in [0.3, 0.4) is 0 Å². The summed E-state index contributed by atoms with van der Waals surface area (Å²) in [6.07, 6.45) is 8.43. The Hall–Kier alpha value is -2.54. The third kappa shape index (κ3) is 2.43. The lowest BCUT2D eigenvalue weighted by molar-refractivity contribution is 0.415. The Balaban J connectivity index is 2.13. The summed E-state index contributed by atoms with van der Waals surface area (Å²) < 4.78 is 5.24. The number of rotatable bonds is 3. The van der Waals surface area contributed by atoms with Gasteiger partial charge >= 0.3 is 0 Å². The minimum Gasteiger partial charge on any atom is -0.497 e. The molecule has 0 heterocycles. The third-order valence-electron chi connectivity index (χ3n) is 3.39. The molecule has 0 radical (unpaired) electrons. The van der Waals surface area contributed by atoms with Crippen molar-refractivity contribution in [3.8, 4) is 5.75 Å². The summed E-state index contributed by atoms with van der Waals surface area (Å²) in [5, 5.41) is 0. The van der Waals surface area contributed by atoms with Crippen molar-refractivity contribution in [1.29, 1.82) is 0 Å². The topological polar surface area (TPSA) is 9.23 Å². The van der Waals surface area contributed by atoms with Gasteiger partial charge in [-0.05, 0) is 34.4 Å². The van der Waals surface area contributed by atoms with Crippen molar-refractivity contribution in [3.05, 3.63) is 95.6 Å². The van der Waals surface area contributed by atoms with Gasteiger partial charge in [-0.3, -0.25) is 0 Å². The van der Waals surface area contributed by atoms with Crippen molar-refractivity contribution in [2.24, 2.45) is 0 Å². The number of hydrogen-bond donors (Lipinski definition) is 0. The number of methoxy groups -OCH3 is 1. The smallest absolute Gasteiger partial charge is 0.118 e. The Labute approximate surface area is 119 Å². The van der Waals surface area contributed by atoms with E-state index in [0.717, 1.165) is 5.75 Å². The second-order valence-electron chi connectivity index (χ2n) is 4.64. The Bertz CT molecular complexity index is 659. The zero-order valence-electron chi connectivity index (χ0n) is 11.4. The first-order valence-electron chi connectivity index (χ1n) is 6.67. The molecule has 0 atom stereocenters. The highest BCUT2D eigenvalue weighted by Crippen LogP contribution is 2.30. The average molecular weight is 260 g/mol. The molecule has 2 aromatic rings. The lowest BCUT2D eigenvalue weighted by atomic mass is 9.93. The van der Waals surface area contributed by atoms with E-state index in [-0.39, 0.29) is 0 Å². The number of hydrogen-bond acceptors (Lipinski definition) is 1. The van der Waals surface area contributed by atoms with Crippen molar-refractivity contribution in [2.75, 3.05) is 7.11 Å². The van der Waals surface area contributed by atoms with Crippen LogP contribution < -0.4 is 4.74 Å². The fourth-order valence-corrected chi connectivity index (χ4v) is 2.40. The van der Waals surface area contributed by atoms with Gasteiger partial charge in [-0.1, -0.05) is 66.8 Å². The fraction of sp³-hybridized carbons (Fsp3) is 0.0526.